The first-order valence-electron chi connectivity index (χ1n) is 10.7. The van der Waals surface area contributed by atoms with Gasteiger partial charge in [0.1, 0.15) is 23.0 Å². The van der Waals surface area contributed by atoms with E-state index in [0.29, 0.717) is 13.0 Å². The normalized spacial score (nSPS) is 13.7. The average molecular weight is 428 g/mol. The molecule has 3 rings (SSSR count). The molecule has 0 radical (unpaired) electrons. The van der Waals surface area contributed by atoms with Gasteiger partial charge in [0.05, 0.1) is 22.8 Å². The van der Waals surface area contributed by atoms with Crippen molar-refractivity contribution in [3.8, 4) is 23.0 Å². The minimum Gasteiger partial charge on any atom is -0.508 e. The molecule has 0 aromatic heterocycles. The zero-order valence-electron chi connectivity index (χ0n) is 17.8. The molecule has 1 unspecified atom stereocenters. The van der Waals surface area contributed by atoms with Crippen molar-refractivity contribution in [2.75, 3.05) is 6.61 Å². The maximum atomic E-state index is 13.1. The molecule has 0 fully saturated rings. The third kappa shape index (κ3) is 4.23. The number of rotatable bonds is 9. The highest BCUT2D eigenvalue weighted by atomic mass is 16.5. The van der Waals surface area contributed by atoms with Gasteiger partial charge in [-0.1, -0.05) is 39.5 Å². The van der Waals surface area contributed by atoms with Crippen LogP contribution in [0.4, 0.5) is 0 Å². The van der Waals surface area contributed by atoms with Crippen LogP contribution in [0.2, 0.25) is 0 Å². The van der Waals surface area contributed by atoms with Crippen LogP contribution in [0.25, 0.3) is 0 Å². The summed E-state index contributed by atoms with van der Waals surface area (Å²) in [7, 11) is 0. The number of aromatic hydroxyl groups is 4. The number of ether oxygens (including phenoxy) is 1. The number of unbranched alkanes of at least 4 members (excludes halogenated alkanes) is 3. The molecule has 0 saturated heterocycles. The first kappa shape index (κ1) is 22.6. The Hall–Kier alpha value is -3.06. The fourth-order valence-corrected chi connectivity index (χ4v) is 3.96. The fourth-order valence-electron chi connectivity index (χ4n) is 3.96. The van der Waals surface area contributed by atoms with Crippen LogP contribution in [0.1, 0.15) is 95.9 Å². The van der Waals surface area contributed by atoms with Gasteiger partial charge in [-0.3, -0.25) is 9.59 Å². The topological polar surface area (TPSA) is 124 Å². The number of benzene rings is 2. The quantitative estimate of drug-likeness (QED) is 0.363. The van der Waals surface area contributed by atoms with Crippen LogP contribution in [0.15, 0.2) is 18.2 Å². The summed E-state index contributed by atoms with van der Waals surface area (Å²) in [4.78, 5) is 26.1. The molecule has 0 spiro atoms. The lowest BCUT2D eigenvalue weighted by Crippen LogP contribution is -2.22. The van der Waals surface area contributed by atoms with Gasteiger partial charge < -0.3 is 25.2 Å². The molecular formula is C24H28O7. The van der Waals surface area contributed by atoms with E-state index in [1.807, 2.05) is 6.92 Å². The molecule has 31 heavy (non-hydrogen) atoms. The highest BCUT2D eigenvalue weighted by Crippen LogP contribution is 2.46. The van der Waals surface area contributed by atoms with E-state index < -0.39 is 29.2 Å². The van der Waals surface area contributed by atoms with Crippen molar-refractivity contribution in [3.05, 3.63) is 46.0 Å². The Morgan fingerprint density at radius 2 is 1.48 bits per heavy atom. The lowest BCUT2D eigenvalue weighted by molar-refractivity contribution is 0.0397. The smallest absolute Gasteiger partial charge is 0.201 e. The number of carbonyl (C=O) groups excluding carboxylic acids is 2. The number of carbonyl (C=O) groups is 2. The largest absolute Gasteiger partial charge is 0.508 e. The zero-order chi connectivity index (χ0) is 22.7. The van der Waals surface area contributed by atoms with Gasteiger partial charge in [-0.25, -0.2) is 0 Å². The van der Waals surface area contributed by atoms with Gasteiger partial charge in [-0.15, -0.1) is 0 Å². The van der Waals surface area contributed by atoms with Crippen LogP contribution in [0, 0.1) is 0 Å². The summed E-state index contributed by atoms with van der Waals surface area (Å²) < 4.78 is 5.94. The van der Waals surface area contributed by atoms with Gasteiger partial charge >= 0.3 is 0 Å². The maximum Gasteiger partial charge on any atom is 0.201 e. The number of hydrogen-bond donors (Lipinski definition) is 4. The Kier molecular flexibility index (Phi) is 6.85. The van der Waals surface area contributed by atoms with Gasteiger partial charge in [0.25, 0.3) is 0 Å². The van der Waals surface area contributed by atoms with Crippen molar-refractivity contribution in [3.63, 3.8) is 0 Å². The molecule has 0 bridgehead atoms. The van der Waals surface area contributed by atoms with E-state index in [4.69, 9.17) is 4.74 Å². The second-order valence-corrected chi connectivity index (χ2v) is 7.84. The van der Waals surface area contributed by atoms with Crippen molar-refractivity contribution in [2.24, 2.45) is 0 Å². The minimum atomic E-state index is -0.748. The monoisotopic (exact) mass is 428 g/mol. The van der Waals surface area contributed by atoms with Crippen LogP contribution in [-0.4, -0.2) is 38.6 Å². The Labute approximate surface area is 180 Å². The molecule has 0 amide bonds. The summed E-state index contributed by atoms with van der Waals surface area (Å²) in [5.41, 5.74) is -0.835. The lowest BCUT2D eigenvalue weighted by atomic mass is 9.81. The number of ketones is 2. The summed E-state index contributed by atoms with van der Waals surface area (Å²) in [6, 6.07) is 3.21. The Morgan fingerprint density at radius 3 is 2.16 bits per heavy atom. The van der Waals surface area contributed by atoms with E-state index in [1.165, 1.54) is 0 Å². The first-order valence-corrected chi connectivity index (χ1v) is 10.7. The van der Waals surface area contributed by atoms with E-state index in [0.717, 1.165) is 50.3 Å². The molecule has 0 heterocycles. The van der Waals surface area contributed by atoms with Crippen LogP contribution in [-0.2, 0) is 4.74 Å². The number of phenolic OH excluding ortho intramolecular Hbond substituents is 4. The minimum absolute atomic E-state index is 0.0776. The zero-order valence-corrected chi connectivity index (χ0v) is 17.8. The molecule has 0 aliphatic heterocycles. The second-order valence-electron chi connectivity index (χ2n) is 7.84. The summed E-state index contributed by atoms with van der Waals surface area (Å²) in [5, 5.41) is 41.6. The number of fused-ring (bicyclic) bond motifs is 2. The van der Waals surface area contributed by atoms with E-state index in [-0.39, 0.29) is 39.3 Å². The van der Waals surface area contributed by atoms with Crippen molar-refractivity contribution in [1.29, 1.82) is 0 Å². The molecule has 4 N–H and O–H groups in total. The van der Waals surface area contributed by atoms with Gasteiger partial charge in [0.15, 0.2) is 5.78 Å². The van der Waals surface area contributed by atoms with Gasteiger partial charge in [-0.05, 0) is 25.0 Å². The first-order chi connectivity index (χ1) is 14.8. The predicted molar refractivity (Wildman–Crippen MR) is 114 cm³/mol. The van der Waals surface area contributed by atoms with Crippen molar-refractivity contribution < 1.29 is 34.8 Å². The molecule has 2 aromatic carbocycles. The third-order valence-corrected chi connectivity index (χ3v) is 5.57. The molecule has 7 heteroatoms. The van der Waals surface area contributed by atoms with E-state index in [2.05, 4.69) is 6.92 Å². The third-order valence-electron chi connectivity index (χ3n) is 5.57. The highest BCUT2D eigenvalue weighted by molar-refractivity contribution is 6.30. The molecule has 7 nitrogen and oxygen atoms in total. The number of phenols is 4. The highest BCUT2D eigenvalue weighted by Gasteiger charge is 2.38. The summed E-state index contributed by atoms with van der Waals surface area (Å²) in [6.45, 7) is 4.51. The summed E-state index contributed by atoms with van der Waals surface area (Å²) >= 11 is 0. The van der Waals surface area contributed by atoms with Crippen LogP contribution in [0.5, 0.6) is 23.0 Å². The van der Waals surface area contributed by atoms with E-state index in [1.54, 1.807) is 0 Å². The molecule has 166 valence electrons. The summed E-state index contributed by atoms with van der Waals surface area (Å²) in [6.07, 6.45) is 4.36. The molecule has 1 aliphatic carbocycles. The molecule has 0 saturated carbocycles. The fraction of sp³-hybridized carbons (Fsp3) is 0.417. The van der Waals surface area contributed by atoms with Crippen LogP contribution < -0.4 is 0 Å². The van der Waals surface area contributed by atoms with Crippen LogP contribution in [0.3, 0.4) is 0 Å². The second kappa shape index (κ2) is 9.39. The van der Waals surface area contributed by atoms with Crippen molar-refractivity contribution in [1.82, 2.24) is 0 Å². The average Bonchev–Trinajstić information content (AvgIpc) is 2.71. The van der Waals surface area contributed by atoms with Gasteiger partial charge in [0.2, 0.25) is 5.78 Å². The van der Waals surface area contributed by atoms with E-state index >= 15 is 0 Å². The van der Waals surface area contributed by atoms with E-state index in [9.17, 15) is 30.0 Å². The molecule has 1 atom stereocenters. The van der Waals surface area contributed by atoms with Crippen molar-refractivity contribution in [2.45, 2.75) is 58.5 Å². The molecular weight excluding hydrogens is 400 g/mol. The van der Waals surface area contributed by atoms with Gasteiger partial charge in [-0.2, -0.15) is 0 Å². The SMILES string of the molecule is CCCCCC(OCCCC)c1c(O)cc2c(c1O)C(=O)c1c(O)cc(O)cc1C2=O. The predicted octanol–water partition coefficient (Wildman–Crippen LogP) is 4.72. The van der Waals surface area contributed by atoms with Crippen LogP contribution >= 0.6 is 0 Å². The Bertz CT molecular complexity index is 1000. The number of hydrogen-bond acceptors (Lipinski definition) is 7. The standard InChI is InChI=1S/C24H28O7/c1-3-5-7-8-18(31-9-6-4-2)21-17(27)12-15-20(24(21)30)23(29)19-14(22(15)28)10-13(25)11-16(19)26/h10-12,18,25-27,30H,3-9H2,1-2H3. The maximum absolute atomic E-state index is 13.1. The Morgan fingerprint density at radius 1 is 0.806 bits per heavy atom. The van der Waals surface area contributed by atoms with Gasteiger partial charge in [0, 0.05) is 23.8 Å². The lowest BCUT2D eigenvalue weighted by Gasteiger charge is -2.25. The Balaban J connectivity index is 2.11. The summed E-state index contributed by atoms with van der Waals surface area (Å²) in [5.74, 6) is -3.19. The molecule has 1 aliphatic rings. The van der Waals surface area contributed by atoms with Crippen molar-refractivity contribution >= 4 is 11.6 Å². The molecule has 2 aromatic rings.